The van der Waals surface area contributed by atoms with E-state index in [1.807, 2.05) is 13.0 Å². The van der Waals surface area contributed by atoms with Crippen LogP contribution in [0.25, 0.3) is 0 Å². The summed E-state index contributed by atoms with van der Waals surface area (Å²) >= 11 is 9.38. The minimum atomic E-state index is -4.73. The first-order chi connectivity index (χ1) is 16.0. The molecule has 0 saturated carbocycles. The highest BCUT2D eigenvalue weighted by Crippen LogP contribution is 2.43. The summed E-state index contributed by atoms with van der Waals surface area (Å²) in [4.78, 5) is 14.9. The van der Waals surface area contributed by atoms with E-state index in [9.17, 15) is 23.3 Å². The quantitative estimate of drug-likeness (QED) is 0.166. The number of aliphatic imine (C=N–C) groups is 1. The second kappa shape index (κ2) is 10.4. The van der Waals surface area contributed by atoms with Gasteiger partial charge >= 0.3 is 11.9 Å². The lowest BCUT2D eigenvalue weighted by atomic mass is 10.1. The Morgan fingerprint density at radius 3 is 2.53 bits per heavy atom. The SMILES string of the molecule is CCOc1cc(C=Nc2cc(Cl)ccc2C)cc(Br)c1Oc1ccc(C(F)(F)F)cc1[N+](=O)[O-]. The number of nitrogens with zero attached hydrogens (tertiary/aromatic N) is 2. The molecule has 0 amide bonds. The fraction of sp³-hybridized carbons (Fsp3) is 0.174. The topological polar surface area (TPSA) is 74.0 Å². The van der Waals surface area contributed by atoms with Crippen LogP contribution in [0.3, 0.4) is 0 Å². The van der Waals surface area contributed by atoms with Gasteiger partial charge in [0.2, 0.25) is 5.75 Å². The number of hydrogen-bond acceptors (Lipinski definition) is 5. The summed E-state index contributed by atoms with van der Waals surface area (Å²) in [5, 5.41) is 11.9. The standard InChI is InChI=1S/C23H17BrClF3N2O4/c1-3-33-21-9-14(12-29-18-11-16(25)6-4-13(18)2)8-17(24)22(21)34-20-7-5-15(23(26,27)28)10-19(20)30(31)32/h4-12H,3H2,1-2H3. The predicted molar refractivity (Wildman–Crippen MR) is 127 cm³/mol. The minimum Gasteiger partial charge on any atom is -0.490 e. The highest BCUT2D eigenvalue weighted by Gasteiger charge is 2.33. The zero-order valence-corrected chi connectivity index (χ0v) is 20.2. The van der Waals surface area contributed by atoms with Crippen LogP contribution in [0.4, 0.5) is 24.5 Å². The lowest BCUT2D eigenvalue weighted by molar-refractivity contribution is -0.385. The van der Waals surface area contributed by atoms with Crippen LogP contribution in [0.1, 0.15) is 23.6 Å². The predicted octanol–water partition coefficient (Wildman–Crippen LogP) is 8.28. The molecule has 11 heteroatoms. The van der Waals surface area contributed by atoms with Crippen LogP contribution in [0, 0.1) is 17.0 Å². The molecule has 0 atom stereocenters. The first-order valence-electron chi connectivity index (χ1n) is 9.79. The zero-order valence-electron chi connectivity index (χ0n) is 17.8. The van der Waals surface area contributed by atoms with Gasteiger partial charge in [0.25, 0.3) is 0 Å². The first kappa shape index (κ1) is 25.5. The van der Waals surface area contributed by atoms with Crippen LogP contribution in [0.15, 0.2) is 58.0 Å². The van der Waals surface area contributed by atoms with E-state index in [1.165, 1.54) is 0 Å². The summed E-state index contributed by atoms with van der Waals surface area (Å²) in [6.07, 6.45) is -3.15. The molecule has 0 N–H and O–H groups in total. The van der Waals surface area contributed by atoms with Gasteiger partial charge in [-0.2, -0.15) is 13.2 Å². The van der Waals surface area contributed by atoms with E-state index >= 15 is 0 Å². The third-order valence-electron chi connectivity index (χ3n) is 4.55. The number of nitro groups is 1. The van der Waals surface area contributed by atoms with Crippen molar-refractivity contribution in [3.05, 3.63) is 84.8 Å². The summed E-state index contributed by atoms with van der Waals surface area (Å²) in [6, 6.07) is 10.6. The largest absolute Gasteiger partial charge is 0.490 e. The highest BCUT2D eigenvalue weighted by molar-refractivity contribution is 9.10. The van der Waals surface area contributed by atoms with Crippen molar-refractivity contribution in [1.82, 2.24) is 0 Å². The van der Waals surface area contributed by atoms with Gasteiger partial charge in [0.05, 0.1) is 27.3 Å². The molecule has 3 aromatic carbocycles. The maximum absolute atomic E-state index is 13.0. The molecule has 0 saturated heterocycles. The molecule has 0 aromatic heterocycles. The summed E-state index contributed by atoms with van der Waals surface area (Å²) in [5.41, 5.74) is 0.218. The molecule has 0 aliphatic rings. The molecule has 0 fully saturated rings. The van der Waals surface area contributed by atoms with Crippen molar-refractivity contribution in [2.75, 3.05) is 6.61 Å². The van der Waals surface area contributed by atoms with E-state index < -0.39 is 22.4 Å². The van der Waals surface area contributed by atoms with E-state index in [4.69, 9.17) is 21.1 Å². The van der Waals surface area contributed by atoms with Gasteiger partial charge in [0.1, 0.15) is 0 Å². The van der Waals surface area contributed by atoms with Crippen LogP contribution < -0.4 is 9.47 Å². The summed E-state index contributed by atoms with van der Waals surface area (Å²) in [6.45, 7) is 3.86. The van der Waals surface area contributed by atoms with Crippen molar-refractivity contribution in [1.29, 1.82) is 0 Å². The van der Waals surface area contributed by atoms with Gasteiger partial charge in [-0.3, -0.25) is 15.1 Å². The molecule has 0 heterocycles. The molecule has 0 spiro atoms. The summed E-state index contributed by atoms with van der Waals surface area (Å²) < 4.78 is 50.6. The summed E-state index contributed by atoms with van der Waals surface area (Å²) in [5.74, 6) is -0.0771. The number of alkyl halides is 3. The normalized spacial score (nSPS) is 11.6. The van der Waals surface area contributed by atoms with Crippen molar-refractivity contribution in [2.24, 2.45) is 4.99 Å². The molecule has 178 valence electrons. The monoisotopic (exact) mass is 556 g/mol. The number of ether oxygens (including phenoxy) is 2. The lowest BCUT2D eigenvalue weighted by Crippen LogP contribution is -2.06. The van der Waals surface area contributed by atoms with Gasteiger partial charge in [-0.15, -0.1) is 0 Å². The van der Waals surface area contributed by atoms with Crippen LogP contribution in [-0.4, -0.2) is 17.7 Å². The van der Waals surface area contributed by atoms with E-state index in [0.29, 0.717) is 32.9 Å². The molecule has 34 heavy (non-hydrogen) atoms. The average Bonchev–Trinajstić information content (AvgIpc) is 2.76. The third-order valence-corrected chi connectivity index (χ3v) is 5.37. The second-order valence-corrected chi connectivity index (χ2v) is 8.28. The zero-order chi connectivity index (χ0) is 25.0. The van der Waals surface area contributed by atoms with Gasteiger partial charge in [0, 0.05) is 17.3 Å². The Hall–Kier alpha value is -3.11. The van der Waals surface area contributed by atoms with Crippen LogP contribution >= 0.6 is 27.5 Å². The van der Waals surface area contributed by atoms with Crippen LogP contribution in [0.5, 0.6) is 17.2 Å². The maximum Gasteiger partial charge on any atom is 0.416 e. The number of nitro benzene ring substituents is 1. The highest BCUT2D eigenvalue weighted by atomic mass is 79.9. The number of hydrogen-bond donors (Lipinski definition) is 0. The van der Waals surface area contributed by atoms with E-state index in [0.717, 1.165) is 11.6 Å². The van der Waals surface area contributed by atoms with Crippen molar-refractivity contribution >= 4 is 45.1 Å². The Labute approximate surface area is 206 Å². The lowest BCUT2D eigenvalue weighted by Gasteiger charge is -2.15. The Morgan fingerprint density at radius 1 is 1.15 bits per heavy atom. The van der Waals surface area contributed by atoms with Crippen molar-refractivity contribution in [2.45, 2.75) is 20.0 Å². The smallest absolute Gasteiger partial charge is 0.416 e. The molecule has 0 radical (unpaired) electrons. The fourth-order valence-corrected chi connectivity index (χ4v) is 3.63. The Morgan fingerprint density at radius 2 is 1.88 bits per heavy atom. The molecular weight excluding hydrogens is 541 g/mol. The average molecular weight is 558 g/mol. The van der Waals surface area contributed by atoms with Crippen molar-refractivity contribution in [3.8, 4) is 17.2 Å². The van der Waals surface area contributed by atoms with Gasteiger partial charge in [-0.25, -0.2) is 0 Å². The Balaban J connectivity index is 2.00. The molecule has 0 aliphatic carbocycles. The van der Waals surface area contributed by atoms with Crippen LogP contribution in [0.2, 0.25) is 5.02 Å². The van der Waals surface area contributed by atoms with Crippen molar-refractivity contribution in [3.63, 3.8) is 0 Å². The van der Waals surface area contributed by atoms with E-state index in [1.54, 1.807) is 37.4 Å². The molecule has 0 unspecified atom stereocenters. The minimum absolute atomic E-state index is 0.0702. The molecule has 6 nitrogen and oxygen atoms in total. The van der Waals surface area contributed by atoms with E-state index in [-0.39, 0.29) is 23.9 Å². The van der Waals surface area contributed by atoms with Gasteiger partial charge in [-0.1, -0.05) is 17.7 Å². The van der Waals surface area contributed by atoms with Gasteiger partial charge in [-0.05, 0) is 77.3 Å². The Kier molecular flexibility index (Phi) is 7.83. The Bertz CT molecular complexity index is 1270. The molecule has 3 rings (SSSR count). The molecule has 3 aromatic rings. The number of halogens is 5. The molecule has 0 bridgehead atoms. The fourth-order valence-electron chi connectivity index (χ4n) is 2.92. The van der Waals surface area contributed by atoms with Crippen molar-refractivity contribution < 1.29 is 27.6 Å². The number of rotatable bonds is 7. The molecular formula is C23H17BrClF3N2O4. The second-order valence-electron chi connectivity index (χ2n) is 6.99. The third kappa shape index (κ3) is 6.06. The first-order valence-corrected chi connectivity index (χ1v) is 11.0. The van der Waals surface area contributed by atoms with Gasteiger partial charge < -0.3 is 9.47 Å². The summed E-state index contributed by atoms with van der Waals surface area (Å²) in [7, 11) is 0. The number of benzene rings is 3. The molecule has 0 aliphatic heterocycles. The maximum atomic E-state index is 13.0. The van der Waals surface area contributed by atoms with Crippen LogP contribution in [-0.2, 0) is 6.18 Å². The number of aryl methyl sites for hydroxylation is 1. The van der Waals surface area contributed by atoms with E-state index in [2.05, 4.69) is 20.9 Å². The van der Waals surface area contributed by atoms with Gasteiger partial charge in [0.15, 0.2) is 11.5 Å².